The highest BCUT2D eigenvalue weighted by atomic mass is 19.1. The summed E-state index contributed by atoms with van der Waals surface area (Å²) >= 11 is 0. The molecule has 0 amide bonds. The highest BCUT2D eigenvalue weighted by Crippen LogP contribution is 2.19. The van der Waals surface area contributed by atoms with Crippen molar-refractivity contribution in [1.29, 1.82) is 0 Å². The van der Waals surface area contributed by atoms with Crippen LogP contribution >= 0.6 is 0 Å². The van der Waals surface area contributed by atoms with Crippen LogP contribution in [-0.2, 0) is 0 Å². The van der Waals surface area contributed by atoms with Crippen LogP contribution in [0.3, 0.4) is 0 Å². The highest BCUT2D eigenvalue weighted by molar-refractivity contribution is 5.47. The summed E-state index contributed by atoms with van der Waals surface area (Å²) < 4.78 is 26.7. The summed E-state index contributed by atoms with van der Waals surface area (Å²) in [6.45, 7) is 4.01. The van der Waals surface area contributed by atoms with E-state index >= 15 is 0 Å². The zero-order valence-electron chi connectivity index (χ0n) is 9.93. The van der Waals surface area contributed by atoms with Gasteiger partial charge >= 0.3 is 0 Å². The summed E-state index contributed by atoms with van der Waals surface area (Å²) in [5, 5.41) is 14.3. The van der Waals surface area contributed by atoms with E-state index in [4.69, 9.17) is 5.11 Å². The van der Waals surface area contributed by atoms with Gasteiger partial charge in [0.15, 0.2) is 23.3 Å². The monoisotopic (exact) mass is 245 g/mol. The molecule has 0 saturated heterocycles. The minimum Gasteiger partial charge on any atom is -0.394 e. The summed E-state index contributed by atoms with van der Waals surface area (Å²) in [4.78, 5) is 3.81. The van der Waals surface area contributed by atoms with Gasteiger partial charge in [-0.3, -0.25) is 0 Å². The number of aromatic nitrogens is 1. The Morgan fingerprint density at radius 3 is 2.59 bits per heavy atom. The molecule has 1 atom stereocenters. The van der Waals surface area contributed by atoms with Gasteiger partial charge in [0.2, 0.25) is 0 Å². The van der Waals surface area contributed by atoms with Crippen molar-refractivity contribution in [1.82, 2.24) is 4.98 Å². The molecule has 0 aliphatic rings. The second-order valence-corrected chi connectivity index (χ2v) is 3.80. The number of nitrogens with zero attached hydrogens (tertiary/aromatic N) is 1. The molecule has 0 radical (unpaired) electrons. The maximum absolute atomic E-state index is 13.4. The number of aliphatic hydroxyl groups excluding tert-OH is 1. The van der Waals surface area contributed by atoms with Crippen molar-refractivity contribution in [2.75, 3.05) is 23.8 Å². The molecule has 0 aliphatic carbocycles. The molecule has 0 fully saturated rings. The molecule has 0 saturated carbocycles. The van der Waals surface area contributed by atoms with Crippen LogP contribution in [0.2, 0.25) is 0 Å². The Balaban J connectivity index is 2.89. The normalized spacial score (nSPS) is 12.3. The summed E-state index contributed by atoms with van der Waals surface area (Å²) in [5.74, 6) is -1.55. The zero-order valence-corrected chi connectivity index (χ0v) is 9.93. The summed E-state index contributed by atoms with van der Waals surface area (Å²) in [6.07, 6.45) is 0.814. The minimum absolute atomic E-state index is 0.0147. The largest absolute Gasteiger partial charge is 0.394 e. The van der Waals surface area contributed by atoms with Gasteiger partial charge in [-0.1, -0.05) is 6.92 Å². The van der Waals surface area contributed by atoms with Crippen LogP contribution in [0.25, 0.3) is 0 Å². The SMILES string of the molecule is CCCNc1nc(NC(C)CO)c(F)cc1F. The Labute approximate surface area is 99.1 Å². The summed E-state index contributed by atoms with van der Waals surface area (Å²) in [5.41, 5.74) is 0. The molecule has 1 aromatic rings. The fourth-order valence-corrected chi connectivity index (χ4v) is 1.21. The molecule has 1 unspecified atom stereocenters. The molecule has 0 aromatic carbocycles. The fraction of sp³-hybridized carbons (Fsp3) is 0.545. The lowest BCUT2D eigenvalue weighted by atomic mass is 10.3. The van der Waals surface area contributed by atoms with Gasteiger partial charge in [-0.15, -0.1) is 0 Å². The van der Waals surface area contributed by atoms with E-state index in [1.165, 1.54) is 0 Å². The first-order valence-electron chi connectivity index (χ1n) is 5.55. The highest BCUT2D eigenvalue weighted by Gasteiger charge is 2.12. The average Bonchev–Trinajstić information content (AvgIpc) is 2.30. The molecule has 0 bridgehead atoms. The number of hydrogen-bond donors (Lipinski definition) is 3. The Hall–Kier alpha value is -1.43. The lowest BCUT2D eigenvalue weighted by Gasteiger charge is -2.14. The van der Waals surface area contributed by atoms with Gasteiger partial charge in [0.25, 0.3) is 0 Å². The molecule has 4 nitrogen and oxygen atoms in total. The number of halogens is 2. The minimum atomic E-state index is -0.773. The van der Waals surface area contributed by atoms with Crippen molar-refractivity contribution >= 4 is 11.6 Å². The van der Waals surface area contributed by atoms with Crippen LogP contribution in [0.4, 0.5) is 20.4 Å². The topological polar surface area (TPSA) is 57.2 Å². The standard InChI is InChI=1S/C11H17F2N3O/c1-3-4-14-10-8(12)5-9(13)11(16-10)15-7(2)6-17/h5,7,17H,3-4,6H2,1-2H3,(H2,14,15,16). The van der Waals surface area contributed by atoms with Crippen LogP contribution in [0, 0.1) is 11.6 Å². The van der Waals surface area contributed by atoms with Gasteiger partial charge in [-0.2, -0.15) is 0 Å². The van der Waals surface area contributed by atoms with Crippen LogP contribution in [0.15, 0.2) is 6.07 Å². The van der Waals surface area contributed by atoms with Crippen LogP contribution in [-0.4, -0.2) is 29.3 Å². The van der Waals surface area contributed by atoms with E-state index in [1.54, 1.807) is 6.92 Å². The third-order valence-electron chi connectivity index (χ3n) is 2.13. The van der Waals surface area contributed by atoms with E-state index in [0.717, 1.165) is 12.5 Å². The van der Waals surface area contributed by atoms with Gasteiger partial charge < -0.3 is 15.7 Å². The first kappa shape index (κ1) is 13.6. The van der Waals surface area contributed by atoms with E-state index in [-0.39, 0.29) is 24.3 Å². The number of nitrogens with one attached hydrogen (secondary N) is 2. The maximum atomic E-state index is 13.4. The lowest BCUT2D eigenvalue weighted by Crippen LogP contribution is -2.21. The number of pyridine rings is 1. The lowest BCUT2D eigenvalue weighted by molar-refractivity contribution is 0.281. The molecule has 96 valence electrons. The Bertz CT molecular complexity index is 374. The fourth-order valence-electron chi connectivity index (χ4n) is 1.21. The van der Waals surface area contributed by atoms with Crippen LogP contribution in [0.5, 0.6) is 0 Å². The molecular weight excluding hydrogens is 228 g/mol. The van der Waals surface area contributed by atoms with Crippen molar-refractivity contribution in [2.45, 2.75) is 26.3 Å². The number of hydrogen-bond acceptors (Lipinski definition) is 4. The molecular formula is C11H17F2N3O. The molecule has 6 heteroatoms. The van der Waals surface area contributed by atoms with E-state index < -0.39 is 11.6 Å². The Kier molecular flexibility index (Phi) is 5.09. The van der Waals surface area contributed by atoms with Crippen molar-refractivity contribution in [3.05, 3.63) is 17.7 Å². The second-order valence-electron chi connectivity index (χ2n) is 3.80. The zero-order chi connectivity index (χ0) is 12.8. The third kappa shape index (κ3) is 3.81. The quantitative estimate of drug-likeness (QED) is 0.717. The second kappa shape index (κ2) is 6.34. The van der Waals surface area contributed by atoms with Gasteiger partial charge in [-0.25, -0.2) is 13.8 Å². The van der Waals surface area contributed by atoms with Crippen molar-refractivity contribution < 1.29 is 13.9 Å². The van der Waals surface area contributed by atoms with Gasteiger partial charge in [0.05, 0.1) is 6.61 Å². The van der Waals surface area contributed by atoms with E-state index in [1.807, 2.05) is 6.92 Å². The molecule has 1 rings (SSSR count). The van der Waals surface area contributed by atoms with Crippen molar-refractivity contribution in [2.24, 2.45) is 0 Å². The first-order valence-corrected chi connectivity index (χ1v) is 5.55. The van der Waals surface area contributed by atoms with E-state index in [2.05, 4.69) is 15.6 Å². The number of aliphatic hydroxyl groups is 1. The average molecular weight is 245 g/mol. The summed E-state index contributed by atoms with van der Waals surface area (Å²) in [7, 11) is 0. The molecule has 0 aliphatic heterocycles. The Morgan fingerprint density at radius 2 is 2.00 bits per heavy atom. The number of rotatable bonds is 6. The maximum Gasteiger partial charge on any atom is 0.168 e. The first-order chi connectivity index (χ1) is 8.08. The van der Waals surface area contributed by atoms with Crippen molar-refractivity contribution in [3.63, 3.8) is 0 Å². The van der Waals surface area contributed by atoms with Gasteiger partial charge in [0, 0.05) is 18.7 Å². The molecule has 1 heterocycles. The van der Waals surface area contributed by atoms with Crippen LogP contribution in [0.1, 0.15) is 20.3 Å². The molecule has 3 N–H and O–H groups in total. The molecule has 17 heavy (non-hydrogen) atoms. The van der Waals surface area contributed by atoms with Gasteiger partial charge in [0.1, 0.15) is 0 Å². The van der Waals surface area contributed by atoms with Gasteiger partial charge in [-0.05, 0) is 13.3 Å². The molecule has 1 aromatic heterocycles. The van der Waals surface area contributed by atoms with Crippen LogP contribution < -0.4 is 10.6 Å². The van der Waals surface area contributed by atoms with E-state index in [0.29, 0.717) is 6.54 Å². The Morgan fingerprint density at radius 1 is 1.35 bits per heavy atom. The predicted molar refractivity (Wildman–Crippen MR) is 63.1 cm³/mol. The molecule has 0 spiro atoms. The summed E-state index contributed by atoms with van der Waals surface area (Å²) in [6, 6.07) is 0.429. The number of anilines is 2. The smallest absolute Gasteiger partial charge is 0.168 e. The van der Waals surface area contributed by atoms with Crippen molar-refractivity contribution in [3.8, 4) is 0 Å². The third-order valence-corrected chi connectivity index (χ3v) is 2.13. The van der Waals surface area contributed by atoms with E-state index in [9.17, 15) is 8.78 Å². The predicted octanol–water partition coefficient (Wildman–Crippen LogP) is 1.97.